The van der Waals surface area contributed by atoms with Crippen molar-refractivity contribution in [1.82, 2.24) is 10.5 Å². The topological polar surface area (TPSA) is 145 Å². The van der Waals surface area contributed by atoms with Gasteiger partial charge >= 0.3 is 0 Å². The lowest BCUT2D eigenvalue weighted by Crippen LogP contribution is -2.50. The molecule has 1 aromatic heterocycles. The number of hydrogen-bond acceptors (Lipinski definition) is 9. The fourth-order valence-electron chi connectivity index (χ4n) is 3.79. The highest BCUT2D eigenvalue weighted by molar-refractivity contribution is 7.96. The van der Waals surface area contributed by atoms with Gasteiger partial charge in [0.1, 0.15) is 11.5 Å². The van der Waals surface area contributed by atoms with E-state index < -0.39 is 48.7 Å². The number of carbonyl (C=O) groups excluding carboxylic acids is 1. The molecule has 3 atom stereocenters. The van der Waals surface area contributed by atoms with Gasteiger partial charge in [-0.3, -0.25) is 4.79 Å². The zero-order chi connectivity index (χ0) is 23.8. The Morgan fingerprint density at radius 1 is 1.19 bits per heavy atom. The number of aryl methyl sites for hydroxylation is 3. The van der Waals surface area contributed by atoms with Crippen LogP contribution in [0.1, 0.15) is 23.8 Å². The molecule has 10 nitrogen and oxygen atoms in total. The maximum Gasteiger partial charge on any atom is 0.242 e. The van der Waals surface area contributed by atoms with Crippen LogP contribution in [0.25, 0.3) is 0 Å². The van der Waals surface area contributed by atoms with Gasteiger partial charge in [-0.2, -0.15) is 0 Å². The van der Waals surface area contributed by atoms with Crippen molar-refractivity contribution in [3.05, 3.63) is 35.1 Å². The molecule has 2 N–H and O–H groups in total. The molecule has 12 heteroatoms. The second-order valence-electron chi connectivity index (χ2n) is 8.05. The van der Waals surface area contributed by atoms with E-state index in [0.29, 0.717) is 22.6 Å². The summed E-state index contributed by atoms with van der Waals surface area (Å²) in [5, 5.41) is 7.89. The Labute approximate surface area is 187 Å². The molecule has 1 aliphatic heterocycles. The van der Waals surface area contributed by atoms with Crippen LogP contribution in [0.15, 0.2) is 27.6 Å². The highest BCUT2D eigenvalue weighted by Crippen LogP contribution is 2.32. The molecule has 3 rings (SSSR count). The van der Waals surface area contributed by atoms with Gasteiger partial charge in [-0.05, 0) is 51.0 Å². The number of rotatable bonds is 7. The lowest BCUT2D eigenvalue weighted by Gasteiger charge is -2.24. The van der Waals surface area contributed by atoms with Gasteiger partial charge in [-0.25, -0.2) is 16.8 Å². The Morgan fingerprint density at radius 2 is 1.88 bits per heavy atom. The average molecular weight is 486 g/mol. The first-order valence-corrected chi connectivity index (χ1v) is 13.3. The van der Waals surface area contributed by atoms with E-state index in [0.717, 1.165) is 0 Å². The predicted octanol–water partition coefficient (Wildman–Crippen LogP) is 1.16. The summed E-state index contributed by atoms with van der Waals surface area (Å²) < 4.78 is 61.9. The number of nitrogens with one attached hydrogen (secondary N) is 2. The molecule has 2 aromatic rings. The second kappa shape index (κ2) is 8.83. The van der Waals surface area contributed by atoms with Gasteiger partial charge < -0.3 is 19.9 Å². The first kappa shape index (κ1) is 24.2. The minimum absolute atomic E-state index is 0.0554. The summed E-state index contributed by atoms with van der Waals surface area (Å²) in [5.74, 6) is -0.119. The number of aromatic nitrogens is 1. The van der Waals surface area contributed by atoms with Gasteiger partial charge in [0.15, 0.2) is 25.5 Å². The van der Waals surface area contributed by atoms with Crippen LogP contribution in [0.5, 0.6) is 5.75 Å². The van der Waals surface area contributed by atoms with Crippen LogP contribution in [0, 0.1) is 20.8 Å². The zero-order valence-electron chi connectivity index (χ0n) is 18.5. The summed E-state index contributed by atoms with van der Waals surface area (Å²) in [4.78, 5) is 12.6. The van der Waals surface area contributed by atoms with E-state index in [1.165, 1.54) is 26.2 Å². The number of methoxy groups -OCH3 is 1. The molecular formula is C20H27N3O7S2. The highest BCUT2D eigenvalue weighted by Gasteiger charge is 2.47. The molecule has 0 aliphatic carbocycles. The third kappa shape index (κ3) is 4.97. The van der Waals surface area contributed by atoms with E-state index >= 15 is 0 Å². The van der Waals surface area contributed by atoms with E-state index in [1.807, 2.05) is 0 Å². The Kier molecular flexibility index (Phi) is 6.68. The normalized spacial score (nSPS) is 21.3. The maximum atomic E-state index is 13.5. The Hall–Kier alpha value is -2.44. The minimum Gasteiger partial charge on any atom is -0.496 e. The van der Waals surface area contributed by atoms with E-state index in [9.17, 15) is 21.6 Å². The molecule has 0 radical (unpaired) electrons. The van der Waals surface area contributed by atoms with Crippen molar-refractivity contribution in [3.63, 3.8) is 0 Å². The van der Waals surface area contributed by atoms with Crippen LogP contribution < -0.4 is 15.4 Å². The van der Waals surface area contributed by atoms with Crippen LogP contribution in [-0.2, 0) is 24.5 Å². The van der Waals surface area contributed by atoms with Gasteiger partial charge in [0.25, 0.3) is 0 Å². The quantitative estimate of drug-likeness (QED) is 0.590. The number of benzene rings is 1. The van der Waals surface area contributed by atoms with Crippen LogP contribution in [0.4, 0.5) is 5.82 Å². The molecule has 0 spiro atoms. The third-order valence-corrected chi connectivity index (χ3v) is 9.72. The van der Waals surface area contributed by atoms with Crippen molar-refractivity contribution in [2.24, 2.45) is 0 Å². The molecule has 1 amide bonds. The number of anilines is 1. The van der Waals surface area contributed by atoms with Gasteiger partial charge in [0.05, 0.1) is 34.8 Å². The van der Waals surface area contributed by atoms with Gasteiger partial charge in [-0.15, -0.1) is 0 Å². The first-order valence-electron chi connectivity index (χ1n) is 9.94. The summed E-state index contributed by atoms with van der Waals surface area (Å²) in [6.45, 7) is 6.55. The number of amides is 1. The van der Waals surface area contributed by atoms with Crippen molar-refractivity contribution in [2.75, 3.05) is 23.9 Å². The Balaban J connectivity index is 1.86. The maximum absolute atomic E-state index is 13.5. The standard InChI is InChI=1S/C20H27N3O7S2/c1-11-7-17(12(2)6-16(11)29-5)32(27,28)18-10-31(25,26)9-15(18)21-14(4)20(24)22-19-8-13(3)30-23-19/h6-8,14-15,18,21H,9-10H2,1-5H3,(H,22,23,24)/t14-,15-,18-/m0/s1. The second-order valence-corrected chi connectivity index (χ2v) is 12.3. The number of nitrogens with zero attached hydrogens (tertiary/aromatic N) is 1. The van der Waals surface area contributed by atoms with Crippen molar-refractivity contribution >= 4 is 31.4 Å². The van der Waals surface area contributed by atoms with Crippen molar-refractivity contribution in [2.45, 2.75) is 49.9 Å². The number of sulfone groups is 2. The van der Waals surface area contributed by atoms with Crippen molar-refractivity contribution in [3.8, 4) is 5.75 Å². The zero-order valence-corrected chi connectivity index (χ0v) is 20.1. The summed E-state index contributed by atoms with van der Waals surface area (Å²) in [7, 11) is -6.15. The summed E-state index contributed by atoms with van der Waals surface area (Å²) in [5.41, 5.74) is 1.08. The molecule has 0 saturated carbocycles. The molecule has 1 saturated heterocycles. The van der Waals surface area contributed by atoms with Crippen LogP contribution in [0.3, 0.4) is 0 Å². The summed E-state index contributed by atoms with van der Waals surface area (Å²) in [6, 6.07) is 2.82. The van der Waals surface area contributed by atoms with Crippen molar-refractivity contribution in [1.29, 1.82) is 0 Å². The first-order chi connectivity index (χ1) is 14.8. The molecule has 1 aliphatic rings. The molecule has 0 unspecified atom stereocenters. The molecule has 2 heterocycles. The molecule has 176 valence electrons. The van der Waals surface area contributed by atoms with Crippen LogP contribution in [-0.4, -0.2) is 63.8 Å². The SMILES string of the molecule is COc1cc(C)c(S(=O)(=O)[C@H]2CS(=O)(=O)C[C@@H]2N[C@@H](C)C(=O)Nc2cc(C)on2)cc1C. The molecule has 0 bridgehead atoms. The van der Waals surface area contributed by atoms with Gasteiger partial charge in [-0.1, -0.05) is 5.16 Å². The smallest absolute Gasteiger partial charge is 0.242 e. The fraction of sp³-hybridized carbons (Fsp3) is 0.500. The van der Waals surface area contributed by atoms with E-state index in [4.69, 9.17) is 9.26 Å². The van der Waals surface area contributed by atoms with E-state index in [-0.39, 0.29) is 16.5 Å². The Bertz CT molecular complexity index is 1240. The van der Waals surface area contributed by atoms with Gasteiger partial charge in [0.2, 0.25) is 5.91 Å². The molecule has 32 heavy (non-hydrogen) atoms. The lowest BCUT2D eigenvalue weighted by atomic mass is 10.1. The van der Waals surface area contributed by atoms with E-state index in [2.05, 4.69) is 15.8 Å². The minimum atomic E-state index is -4.02. The summed E-state index contributed by atoms with van der Waals surface area (Å²) >= 11 is 0. The lowest BCUT2D eigenvalue weighted by molar-refractivity contribution is -0.118. The van der Waals surface area contributed by atoms with E-state index in [1.54, 1.807) is 26.8 Å². The highest BCUT2D eigenvalue weighted by atomic mass is 32.2. The average Bonchev–Trinajstić information content (AvgIpc) is 3.24. The number of ether oxygens (including phenoxy) is 1. The largest absolute Gasteiger partial charge is 0.496 e. The molecule has 1 aromatic carbocycles. The third-order valence-electron chi connectivity index (χ3n) is 5.43. The van der Waals surface area contributed by atoms with Crippen LogP contribution >= 0.6 is 0 Å². The molecular weight excluding hydrogens is 458 g/mol. The van der Waals surface area contributed by atoms with Crippen LogP contribution in [0.2, 0.25) is 0 Å². The summed E-state index contributed by atoms with van der Waals surface area (Å²) in [6.07, 6.45) is 0. The molecule has 1 fully saturated rings. The number of carbonyl (C=O) groups is 1. The number of hydrogen-bond donors (Lipinski definition) is 2. The predicted molar refractivity (Wildman–Crippen MR) is 118 cm³/mol. The monoisotopic (exact) mass is 485 g/mol. The fourth-order valence-corrected chi connectivity index (χ4v) is 8.77. The van der Waals surface area contributed by atoms with Gasteiger partial charge in [0, 0.05) is 12.1 Å². The Morgan fingerprint density at radius 3 is 2.47 bits per heavy atom. The van der Waals surface area contributed by atoms with Crippen molar-refractivity contribution < 1.29 is 30.9 Å².